The fourth-order valence-corrected chi connectivity index (χ4v) is 5.22. The second-order valence-electron chi connectivity index (χ2n) is 10.9. The van der Waals surface area contributed by atoms with Crippen LogP contribution in [0.3, 0.4) is 0 Å². The number of carboxylic acid groups (broad SMARTS) is 1. The predicted octanol–water partition coefficient (Wildman–Crippen LogP) is 6.23. The molecule has 0 radical (unpaired) electrons. The molecule has 0 saturated carbocycles. The molecule has 0 saturated heterocycles. The van der Waals surface area contributed by atoms with Crippen LogP contribution in [-0.4, -0.2) is 58.9 Å². The molecular formula is C31H42ClN3O4. The van der Waals surface area contributed by atoms with Crippen LogP contribution in [-0.2, 0) is 22.7 Å². The number of aliphatic carboxylic acids is 1. The lowest BCUT2D eigenvalue weighted by Gasteiger charge is -2.30. The number of hydrogen-bond donors (Lipinski definition) is 1. The fraction of sp³-hybridized carbons (Fsp3) is 0.516. The number of amides is 2. The van der Waals surface area contributed by atoms with Crippen molar-refractivity contribution in [1.29, 1.82) is 0 Å². The molecule has 3 rings (SSSR count). The van der Waals surface area contributed by atoms with Crippen LogP contribution in [0.5, 0.6) is 0 Å². The van der Waals surface area contributed by atoms with Gasteiger partial charge in [0.2, 0.25) is 5.91 Å². The highest BCUT2D eigenvalue weighted by atomic mass is 35.5. The van der Waals surface area contributed by atoms with E-state index in [0.29, 0.717) is 35.2 Å². The average molecular weight is 556 g/mol. The third-order valence-corrected chi connectivity index (χ3v) is 7.57. The quantitative estimate of drug-likeness (QED) is 0.417. The van der Waals surface area contributed by atoms with E-state index in [1.54, 1.807) is 31.2 Å². The van der Waals surface area contributed by atoms with Crippen molar-refractivity contribution in [1.82, 2.24) is 9.80 Å². The van der Waals surface area contributed by atoms with Gasteiger partial charge in [0.15, 0.2) is 0 Å². The molecule has 0 unspecified atom stereocenters. The second kappa shape index (κ2) is 15.0. The Kier molecular flexibility index (Phi) is 11.8. The maximum absolute atomic E-state index is 13.7. The minimum atomic E-state index is -1.09. The highest BCUT2D eigenvalue weighted by Crippen LogP contribution is 2.27. The molecular weight excluding hydrogens is 514 g/mol. The zero-order chi connectivity index (χ0) is 28.4. The number of carbonyl (C=O) groups is 3. The first kappa shape index (κ1) is 30.6. The van der Waals surface area contributed by atoms with Crippen LogP contribution in [0.4, 0.5) is 5.69 Å². The van der Waals surface area contributed by atoms with Gasteiger partial charge in [-0.1, -0.05) is 62.9 Å². The van der Waals surface area contributed by atoms with E-state index in [1.165, 1.54) is 4.90 Å². The number of rotatable bonds is 8. The Balaban J connectivity index is 2.00. The third kappa shape index (κ3) is 9.36. The predicted molar refractivity (Wildman–Crippen MR) is 156 cm³/mol. The Morgan fingerprint density at radius 2 is 1.69 bits per heavy atom. The first-order valence-electron chi connectivity index (χ1n) is 14.0. The summed E-state index contributed by atoms with van der Waals surface area (Å²) < 4.78 is 0. The Labute approximate surface area is 237 Å². The number of halogens is 1. The summed E-state index contributed by atoms with van der Waals surface area (Å²) in [6, 6.07) is 12.5. The van der Waals surface area contributed by atoms with Gasteiger partial charge in [-0.15, -0.1) is 0 Å². The summed E-state index contributed by atoms with van der Waals surface area (Å²) in [5, 5.41) is 10.0. The Bertz CT molecular complexity index is 1140. The van der Waals surface area contributed by atoms with E-state index in [2.05, 4.69) is 18.7 Å². The summed E-state index contributed by atoms with van der Waals surface area (Å²) in [6.07, 6.45) is 6.51. The summed E-state index contributed by atoms with van der Waals surface area (Å²) in [6.45, 7) is 8.82. The van der Waals surface area contributed by atoms with E-state index >= 15 is 0 Å². The van der Waals surface area contributed by atoms with Crippen molar-refractivity contribution < 1.29 is 19.5 Å². The Morgan fingerprint density at radius 1 is 1.00 bits per heavy atom. The van der Waals surface area contributed by atoms with Gasteiger partial charge >= 0.3 is 5.97 Å². The van der Waals surface area contributed by atoms with Crippen molar-refractivity contribution in [3.8, 4) is 0 Å². The van der Waals surface area contributed by atoms with Crippen molar-refractivity contribution in [2.24, 2.45) is 5.92 Å². The summed E-state index contributed by atoms with van der Waals surface area (Å²) in [4.78, 5) is 43.6. The van der Waals surface area contributed by atoms with Crippen molar-refractivity contribution in [2.45, 2.75) is 72.4 Å². The molecule has 0 aromatic heterocycles. The number of anilines is 1. The summed E-state index contributed by atoms with van der Waals surface area (Å²) in [5.41, 5.74) is 2.82. The smallest absolute Gasteiger partial charge is 0.323 e. The van der Waals surface area contributed by atoms with Gasteiger partial charge < -0.3 is 14.9 Å². The van der Waals surface area contributed by atoms with Crippen molar-refractivity contribution in [3.05, 3.63) is 64.2 Å². The summed E-state index contributed by atoms with van der Waals surface area (Å²) in [5.74, 6) is -0.923. The zero-order valence-corrected chi connectivity index (χ0v) is 24.3. The van der Waals surface area contributed by atoms with E-state index in [1.807, 2.05) is 23.1 Å². The maximum atomic E-state index is 13.7. The monoisotopic (exact) mass is 555 g/mol. The third-order valence-electron chi connectivity index (χ3n) is 7.20. The molecule has 1 aliphatic rings. The van der Waals surface area contributed by atoms with Crippen LogP contribution in [0.15, 0.2) is 42.5 Å². The van der Waals surface area contributed by atoms with Gasteiger partial charge in [-0.05, 0) is 73.7 Å². The molecule has 0 fully saturated rings. The molecule has 1 N–H and O–H groups in total. The van der Waals surface area contributed by atoms with Gasteiger partial charge in [0.25, 0.3) is 5.91 Å². The number of carbonyl (C=O) groups excluding carboxylic acids is 2. The molecule has 0 spiro atoms. The molecule has 212 valence electrons. The standard InChI is InChI=1S/C31H42ClN3O4/c1-23(2)15-18-33-16-9-5-4-6-10-17-35(24(3)36)29-14-13-25(19-27(29)20-33)31(39)34(22-30(37)38)21-26-11-7-8-12-28(26)32/h7-8,11-14,19,23H,4-6,9-10,15-18,20-22H2,1-3H3,(H,37,38). The van der Waals surface area contributed by atoms with Crippen LogP contribution >= 0.6 is 11.6 Å². The highest BCUT2D eigenvalue weighted by Gasteiger charge is 2.24. The van der Waals surface area contributed by atoms with E-state index < -0.39 is 12.5 Å². The maximum Gasteiger partial charge on any atom is 0.323 e. The SMILES string of the molecule is CC(=O)N1CCCCCCCN(CCC(C)C)Cc2cc(C(=O)N(CC(=O)O)Cc3ccccc3Cl)ccc21. The largest absolute Gasteiger partial charge is 0.480 e. The van der Waals surface area contributed by atoms with E-state index in [-0.39, 0.29) is 18.4 Å². The zero-order valence-electron chi connectivity index (χ0n) is 23.5. The first-order valence-corrected chi connectivity index (χ1v) is 14.4. The second-order valence-corrected chi connectivity index (χ2v) is 11.3. The molecule has 1 heterocycles. The van der Waals surface area contributed by atoms with Crippen LogP contribution in [0.25, 0.3) is 0 Å². The Morgan fingerprint density at radius 3 is 2.36 bits per heavy atom. The van der Waals surface area contributed by atoms with Gasteiger partial charge in [0, 0.05) is 42.8 Å². The molecule has 1 aliphatic heterocycles. The molecule has 0 atom stereocenters. The van der Waals surface area contributed by atoms with Crippen LogP contribution in [0.1, 0.15) is 80.8 Å². The van der Waals surface area contributed by atoms with E-state index in [0.717, 1.165) is 62.9 Å². The van der Waals surface area contributed by atoms with Crippen LogP contribution < -0.4 is 4.90 Å². The minimum absolute atomic E-state index is 0.0210. The lowest BCUT2D eigenvalue weighted by Crippen LogP contribution is -2.36. The van der Waals surface area contributed by atoms with Gasteiger partial charge in [-0.2, -0.15) is 0 Å². The topological polar surface area (TPSA) is 81.2 Å². The lowest BCUT2D eigenvalue weighted by atomic mass is 10.0. The first-order chi connectivity index (χ1) is 18.7. The number of benzene rings is 2. The number of carboxylic acids is 1. The van der Waals surface area contributed by atoms with Gasteiger partial charge in [0.1, 0.15) is 6.54 Å². The lowest BCUT2D eigenvalue weighted by molar-refractivity contribution is -0.137. The van der Waals surface area contributed by atoms with Crippen LogP contribution in [0.2, 0.25) is 5.02 Å². The normalized spacial score (nSPS) is 15.3. The molecule has 0 aliphatic carbocycles. The summed E-state index contributed by atoms with van der Waals surface area (Å²) in [7, 11) is 0. The Hall–Kier alpha value is -2.90. The van der Waals surface area contributed by atoms with E-state index in [9.17, 15) is 19.5 Å². The number of fused-ring (bicyclic) bond motifs is 1. The van der Waals surface area contributed by atoms with Gasteiger partial charge in [0.05, 0.1) is 0 Å². The molecule has 0 bridgehead atoms. The number of nitrogens with zero attached hydrogens (tertiary/aromatic N) is 3. The van der Waals surface area contributed by atoms with Crippen molar-refractivity contribution >= 4 is 35.1 Å². The summed E-state index contributed by atoms with van der Waals surface area (Å²) >= 11 is 6.32. The minimum Gasteiger partial charge on any atom is -0.480 e. The van der Waals surface area contributed by atoms with E-state index in [4.69, 9.17) is 11.6 Å². The molecule has 2 aromatic carbocycles. The molecule has 7 nitrogen and oxygen atoms in total. The van der Waals surface area contributed by atoms with Crippen molar-refractivity contribution in [2.75, 3.05) is 31.1 Å². The van der Waals surface area contributed by atoms with Crippen molar-refractivity contribution in [3.63, 3.8) is 0 Å². The van der Waals surface area contributed by atoms with Gasteiger partial charge in [-0.25, -0.2) is 0 Å². The number of hydrogen-bond acceptors (Lipinski definition) is 4. The van der Waals surface area contributed by atoms with Gasteiger partial charge in [-0.3, -0.25) is 19.3 Å². The molecule has 2 amide bonds. The highest BCUT2D eigenvalue weighted by molar-refractivity contribution is 6.31. The average Bonchev–Trinajstić information content (AvgIpc) is 2.88. The van der Waals surface area contributed by atoms with Crippen LogP contribution in [0, 0.1) is 5.92 Å². The molecule has 2 aromatic rings. The molecule has 8 heteroatoms. The molecule has 39 heavy (non-hydrogen) atoms. The fourth-order valence-electron chi connectivity index (χ4n) is 5.02.